The number of phenolic OH excluding ortho intramolecular Hbond substituents is 3. The number of ketones is 1. The highest BCUT2D eigenvalue weighted by Gasteiger charge is 2.31. The van der Waals surface area contributed by atoms with Crippen molar-refractivity contribution in [1.82, 2.24) is 0 Å². The van der Waals surface area contributed by atoms with Crippen LogP contribution in [0, 0.1) is 0 Å². The van der Waals surface area contributed by atoms with Crippen LogP contribution in [0.4, 0.5) is 0 Å². The Morgan fingerprint density at radius 1 is 0.533 bits per heavy atom. The molecule has 0 saturated carbocycles. The summed E-state index contributed by atoms with van der Waals surface area (Å²) >= 11 is 6.76. The zero-order valence-electron chi connectivity index (χ0n) is 24.5. The summed E-state index contributed by atoms with van der Waals surface area (Å²) in [6.07, 6.45) is 0. The molecule has 5 aromatic carbocycles. The minimum absolute atomic E-state index is 0. The Bertz CT molecular complexity index is 1470. The number of carboxylic acid groups (broad SMARTS) is 1. The van der Waals surface area contributed by atoms with E-state index in [-0.39, 0.29) is 30.1 Å². The molecule has 236 valence electrons. The minimum atomic E-state index is -0.833. The van der Waals surface area contributed by atoms with Crippen molar-refractivity contribution in [3.05, 3.63) is 159 Å². The fraction of sp³-hybridized carbons (Fsp3) is 0.135. The fourth-order valence-electron chi connectivity index (χ4n) is 3.99. The van der Waals surface area contributed by atoms with Crippen molar-refractivity contribution in [2.24, 2.45) is 0 Å². The Balaban J connectivity index is 0.000000378. The van der Waals surface area contributed by atoms with Gasteiger partial charge >= 0.3 is 0 Å². The third kappa shape index (κ3) is 13.0. The molecule has 0 amide bonds. The monoisotopic (exact) mass is 736 g/mol. The van der Waals surface area contributed by atoms with Crippen LogP contribution in [0.25, 0.3) is 0 Å². The van der Waals surface area contributed by atoms with E-state index in [9.17, 15) is 15.0 Å². The minimum Gasteiger partial charge on any atom is -0.508 e. The number of aliphatic carboxylic acids is 1. The molecule has 0 unspecified atom stereocenters. The Kier molecular flexibility index (Phi) is 16.4. The number of hydrogen-bond acceptors (Lipinski definition) is 5. The van der Waals surface area contributed by atoms with Crippen molar-refractivity contribution in [2.45, 2.75) is 33.6 Å². The molecule has 0 spiro atoms. The molecule has 0 aliphatic rings. The second kappa shape index (κ2) is 19.1. The average molecular weight is 739 g/mol. The zero-order chi connectivity index (χ0) is 32.7. The van der Waals surface area contributed by atoms with Gasteiger partial charge in [-0.1, -0.05) is 106 Å². The van der Waals surface area contributed by atoms with Crippen LogP contribution in [0.15, 0.2) is 136 Å². The number of para-hydroxylation sites is 1. The van der Waals surface area contributed by atoms with Gasteiger partial charge < -0.3 is 20.4 Å². The number of carbonyl (C=O) groups excluding carboxylic acids is 1. The predicted molar refractivity (Wildman–Crippen MR) is 188 cm³/mol. The van der Waals surface area contributed by atoms with E-state index < -0.39 is 5.97 Å². The van der Waals surface area contributed by atoms with Crippen molar-refractivity contribution in [3.63, 3.8) is 0 Å². The average Bonchev–Trinajstić information content (AvgIpc) is 2.99. The Hall–Kier alpha value is -4.40. The molecule has 4 N–H and O–H groups in total. The highest BCUT2D eigenvalue weighted by molar-refractivity contribution is 9.10. The van der Waals surface area contributed by atoms with Crippen LogP contribution in [-0.4, -0.2) is 32.2 Å². The Morgan fingerprint density at radius 3 is 1.11 bits per heavy atom. The van der Waals surface area contributed by atoms with Crippen LogP contribution >= 0.6 is 31.9 Å². The van der Waals surface area contributed by atoms with Gasteiger partial charge in [-0.3, -0.25) is 9.59 Å². The molecule has 0 bridgehead atoms. The third-order valence-corrected chi connectivity index (χ3v) is 7.38. The molecule has 0 saturated heterocycles. The number of phenols is 3. The second-order valence-electron chi connectivity index (χ2n) is 9.64. The normalized spacial score (nSPS) is 9.80. The lowest BCUT2D eigenvalue weighted by Gasteiger charge is -2.32. The van der Waals surface area contributed by atoms with E-state index in [4.69, 9.17) is 15.0 Å². The number of Topliss-reactive ketones (excluding diaryl/α,β-unsaturated/α-hetero) is 1. The molecular formula is C37H38Br2O6. The van der Waals surface area contributed by atoms with Gasteiger partial charge in [0.1, 0.15) is 17.2 Å². The summed E-state index contributed by atoms with van der Waals surface area (Å²) in [7, 11) is 0. The highest BCUT2D eigenvalue weighted by atomic mass is 79.9. The van der Waals surface area contributed by atoms with E-state index in [1.165, 1.54) is 0 Å². The standard InChI is InChI=1S/C20H17BrO2.C8H7BrO.C6H6O.C2H4O2.CH4/c1-20(14-2-8-17(21)9-3-14,15-4-10-18(22)11-5-15)16-6-12-19(23)13-7-16;1-6(10)7-2-4-8(9)5-3-7;7-6-4-2-1-3-5-6;1-2(3)4;/h2-13,22-23H,1H3;2-5H,1H3;1-5,7H;1H3,(H,3,4);1H4. The van der Waals surface area contributed by atoms with Gasteiger partial charge in [0.05, 0.1) is 0 Å². The van der Waals surface area contributed by atoms with E-state index in [0.29, 0.717) is 5.75 Å². The lowest BCUT2D eigenvalue weighted by Crippen LogP contribution is -2.25. The van der Waals surface area contributed by atoms with Crippen LogP contribution < -0.4 is 0 Å². The SMILES string of the molecule is C.CC(=O)O.CC(=O)c1ccc(Br)cc1.CC(c1ccc(O)cc1)(c1ccc(O)cc1)c1ccc(Br)cc1.Oc1ccccc1. The molecule has 5 aromatic rings. The maximum Gasteiger partial charge on any atom is 0.300 e. The molecule has 0 aromatic heterocycles. The number of carbonyl (C=O) groups is 2. The summed E-state index contributed by atoms with van der Waals surface area (Å²) in [4.78, 5) is 19.7. The van der Waals surface area contributed by atoms with Gasteiger partial charge in [0.2, 0.25) is 0 Å². The fourth-order valence-corrected chi connectivity index (χ4v) is 4.51. The summed E-state index contributed by atoms with van der Waals surface area (Å²) in [5.74, 6) is 0.0882. The summed E-state index contributed by atoms with van der Waals surface area (Å²) in [5, 5.41) is 35.2. The van der Waals surface area contributed by atoms with Crippen LogP contribution in [-0.2, 0) is 10.2 Å². The molecule has 0 radical (unpaired) electrons. The van der Waals surface area contributed by atoms with E-state index in [1.807, 2.05) is 54.6 Å². The van der Waals surface area contributed by atoms with Crippen LogP contribution in [0.3, 0.4) is 0 Å². The Labute approximate surface area is 281 Å². The third-order valence-electron chi connectivity index (χ3n) is 6.32. The zero-order valence-corrected chi connectivity index (χ0v) is 27.7. The largest absolute Gasteiger partial charge is 0.508 e. The topological polar surface area (TPSA) is 115 Å². The first-order valence-electron chi connectivity index (χ1n) is 13.4. The number of hydrogen-bond donors (Lipinski definition) is 4. The maximum atomic E-state index is 10.7. The molecular weight excluding hydrogens is 700 g/mol. The van der Waals surface area contributed by atoms with Crippen LogP contribution in [0.2, 0.25) is 0 Å². The van der Waals surface area contributed by atoms with Gasteiger partial charge in [-0.25, -0.2) is 0 Å². The quantitative estimate of drug-likeness (QED) is 0.108. The lowest BCUT2D eigenvalue weighted by atomic mass is 9.71. The first-order valence-corrected chi connectivity index (χ1v) is 15.0. The predicted octanol–water partition coefficient (Wildman–Crippen LogP) is 9.99. The van der Waals surface area contributed by atoms with Crippen molar-refractivity contribution >= 4 is 43.6 Å². The number of halogens is 2. The molecule has 0 atom stereocenters. The molecule has 0 aliphatic heterocycles. The van der Waals surface area contributed by atoms with E-state index in [0.717, 1.165) is 38.1 Å². The maximum absolute atomic E-state index is 10.7. The van der Waals surface area contributed by atoms with Crippen LogP contribution in [0.1, 0.15) is 55.2 Å². The number of rotatable bonds is 4. The van der Waals surface area contributed by atoms with Gasteiger partial charge in [0, 0.05) is 26.8 Å². The summed E-state index contributed by atoms with van der Waals surface area (Å²) < 4.78 is 2.03. The molecule has 0 heterocycles. The highest BCUT2D eigenvalue weighted by Crippen LogP contribution is 2.40. The summed E-state index contributed by atoms with van der Waals surface area (Å²) in [6.45, 7) is 4.79. The first-order chi connectivity index (χ1) is 20.8. The number of carboxylic acids is 1. The van der Waals surface area contributed by atoms with Crippen molar-refractivity contribution in [3.8, 4) is 17.2 Å². The van der Waals surface area contributed by atoms with E-state index >= 15 is 0 Å². The van der Waals surface area contributed by atoms with Crippen molar-refractivity contribution in [2.75, 3.05) is 0 Å². The molecule has 45 heavy (non-hydrogen) atoms. The smallest absolute Gasteiger partial charge is 0.300 e. The molecule has 8 heteroatoms. The van der Waals surface area contributed by atoms with Gasteiger partial charge in [0.15, 0.2) is 5.78 Å². The van der Waals surface area contributed by atoms with Gasteiger partial charge in [-0.15, -0.1) is 0 Å². The van der Waals surface area contributed by atoms with Crippen molar-refractivity contribution < 1.29 is 30.0 Å². The van der Waals surface area contributed by atoms with Gasteiger partial charge in [-0.05, 0) is 91.2 Å². The van der Waals surface area contributed by atoms with Gasteiger partial charge in [0.25, 0.3) is 5.97 Å². The summed E-state index contributed by atoms with van der Waals surface area (Å²) in [6, 6.07) is 38.8. The summed E-state index contributed by atoms with van der Waals surface area (Å²) in [5.41, 5.74) is 3.65. The molecule has 0 aliphatic carbocycles. The number of aromatic hydroxyl groups is 3. The molecule has 6 nitrogen and oxygen atoms in total. The van der Waals surface area contributed by atoms with E-state index in [1.54, 1.807) is 67.6 Å². The van der Waals surface area contributed by atoms with E-state index in [2.05, 4.69) is 50.9 Å². The van der Waals surface area contributed by atoms with Crippen LogP contribution in [0.5, 0.6) is 17.2 Å². The van der Waals surface area contributed by atoms with Crippen molar-refractivity contribution in [1.29, 1.82) is 0 Å². The Morgan fingerprint density at radius 2 is 0.822 bits per heavy atom. The second-order valence-corrected chi connectivity index (χ2v) is 11.5. The molecule has 0 fully saturated rings. The lowest BCUT2D eigenvalue weighted by molar-refractivity contribution is -0.134. The number of benzene rings is 5. The molecule has 5 rings (SSSR count). The van der Waals surface area contributed by atoms with Gasteiger partial charge in [-0.2, -0.15) is 0 Å². The first kappa shape index (κ1) is 38.6.